The molecule has 0 atom stereocenters. The fraction of sp³-hybridized carbons (Fsp3) is 0.593. The van der Waals surface area contributed by atoms with Crippen molar-refractivity contribution in [1.82, 2.24) is 19.5 Å². The standard InChI is InChI=1S/C27H39N5O3Si/c1-36(2,3)18-17-34-20-32-12-11-29-26(32)21-6-8-22(9-7-21)35-27-23-5-4-10-28-24(23)19-25(30-27)31-13-15-33-16-14-31/h4-5,10-12,19,21-22H,6-9,13-18,20H2,1-3H3/t21-,22+. The Balaban J connectivity index is 1.21. The van der Waals surface area contributed by atoms with Gasteiger partial charge < -0.3 is 23.7 Å². The highest BCUT2D eigenvalue weighted by Gasteiger charge is 2.27. The zero-order valence-electron chi connectivity index (χ0n) is 21.9. The van der Waals surface area contributed by atoms with Gasteiger partial charge in [-0.3, -0.25) is 4.98 Å². The van der Waals surface area contributed by atoms with Gasteiger partial charge in [-0.15, -0.1) is 0 Å². The summed E-state index contributed by atoms with van der Waals surface area (Å²) in [7, 11) is -1.08. The van der Waals surface area contributed by atoms with E-state index in [2.05, 4.69) is 46.2 Å². The van der Waals surface area contributed by atoms with Crippen LogP contribution in [0.4, 0.5) is 5.82 Å². The van der Waals surface area contributed by atoms with E-state index in [0.29, 0.717) is 18.5 Å². The fourth-order valence-electron chi connectivity index (χ4n) is 5.00. The molecule has 2 aliphatic rings. The molecule has 0 N–H and O–H groups in total. The van der Waals surface area contributed by atoms with E-state index in [0.717, 1.165) is 81.1 Å². The van der Waals surface area contributed by atoms with Gasteiger partial charge >= 0.3 is 0 Å². The van der Waals surface area contributed by atoms with E-state index in [1.165, 1.54) is 6.04 Å². The third-order valence-corrected chi connectivity index (χ3v) is 8.88. The second-order valence-corrected chi connectivity index (χ2v) is 16.8. The Hall–Kier alpha value is -2.49. The number of hydrogen-bond donors (Lipinski definition) is 0. The van der Waals surface area contributed by atoms with Gasteiger partial charge in [-0.1, -0.05) is 19.6 Å². The van der Waals surface area contributed by atoms with Crippen LogP contribution < -0.4 is 9.64 Å². The molecule has 0 amide bonds. The molecular weight excluding hydrogens is 470 g/mol. The summed E-state index contributed by atoms with van der Waals surface area (Å²) < 4.78 is 20.2. The van der Waals surface area contributed by atoms with Gasteiger partial charge in [0.25, 0.3) is 0 Å². The van der Waals surface area contributed by atoms with Gasteiger partial charge in [0.05, 0.1) is 24.1 Å². The molecule has 1 aliphatic carbocycles. The summed E-state index contributed by atoms with van der Waals surface area (Å²) in [5.74, 6) is 3.20. The molecule has 0 unspecified atom stereocenters. The Bertz CT molecular complexity index is 1130. The Morgan fingerprint density at radius 1 is 1.06 bits per heavy atom. The van der Waals surface area contributed by atoms with Gasteiger partial charge in [0.15, 0.2) is 0 Å². The zero-order chi connectivity index (χ0) is 25.0. The first-order valence-electron chi connectivity index (χ1n) is 13.3. The first-order chi connectivity index (χ1) is 17.5. The first kappa shape index (κ1) is 25.2. The van der Waals surface area contributed by atoms with Gasteiger partial charge in [0.1, 0.15) is 24.5 Å². The van der Waals surface area contributed by atoms with Crippen LogP contribution in [0.1, 0.15) is 37.4 Å². The maximum atomic E-state index is 6.55. The molecule has 36 heavy (non-hydrogen) atoms. The smallest absolute Gasteiger partial charge is 0.225 e. The van der Waals surface area contributed by atoms with Crippen molar-refractivity contribution in [3.63, 3.8) is 0 Å². The summed E-state index contributed by atoms with van der Waals surface area (Å²) in [6.45, 7) is 11.7. The van der Waals surface area contributed by atoms with Crippen LogP contribution in [0, 0.1) is 0 Å². The van der Waals surface area contributed by atoms with Crippen LogP contribution in [0.3, 0.4) is 0 Å². The van der Waals surface area contributed by atoms with Crippen LogP contribution in [0.25, 0.3) is 10.9 Å². The number of pyridine rings is 2. The molecule has 3 aromatic heterocycles. The summed E-state index contributed by atoms with van der Waals surface area (Å²) in [5, 5.41) is 0.975. The summed E-state index contributed by atoms with van der Waals surface area (Å²) in [6, 6.07) is 7.26. The zero-order valence-corrected chi connectivity index (χ0v) is 22.9. The molecule has 0 spiro atoms. The molecule has 9 heteroatoms. The highest BCUT2D eigenvalue weighted by atomic mass is 28.3. The number of fused-ring (bicyclic) bond motifs is 1. The second-order valence-electron chi connectivity index (χ2n) is 11.1. The highest BCUT2D eigenvalue weighted by molar-refractivity contribution is 6.76. The number of ether oxygens (including phenoxy) is 3. The van der Waals surface area contributed by atoms with Crippen molar-refractivity contribution in [3.05, 3.63) is 42.6 Å². The van der Waals surface area contributed by atoms with E-state index >= 15 is 0 Å². The summed E-state index contributed by atoms with van der Waals surface area (Å²) >= 11 is 0. The van der Waals surface area contributed by atoms with Gasteiger partial charge in [-0.2, -0.15) is 4.98 Å². The average Bonchev–Trinajstić information content (AvgIpc) is 3.35. The number of hydrogen-bond acceptors (Lipinski definition) is 7. The van der Waals surface area contributed by atoms with Crippen LogP contribution in [-0.4, -0.2) is 66.6 Å². The molecule has 1 saturated carbocycles. The lowest BCUT2D eigenvalue weighted by molar-refractivity contribution is 0.0819. The second kappa shape index (κ2) is 11.3. The summed E-state index contributed by atoms with van der Waals surface area (Å²) in [4.78, 5) is 16.5. The minimum Gasteiger partial charge on any atom is -0.474 e. The molecule has 1 aliphatic heterocycles. The lowest BCUT2D eigenvalue weighted by atomic mass is 9.87. The van der Waals surface area contributed by atoms with Crippen molar-refractivity contribution >= 4 is 24.8 Å². The monoisotopic (exact) mass is 509 g/mol. The number of imidazole rings is 1. The van der Waals surface area contributed by atoms with Crippen LogP contribution >= 0.6 is 0 Å². The van der Waals surface area contributed by atoms with E-state index in [4.69, 9.17) is 24.2 Å². The number of nitrogens with zero attached hydrogens (tertiary/aromatic N) is 5. The van der Waals surface area contributed by atoms with Crippen molar-refractivity contribution in [2.75, 3.05) is 37.8 Å². The van der Waals surface area contributed by atoms with Crippen LogP contribution in [0.2, 0.25) is 25.7 Å². The van der Waals surface area contributed by atoms with E-state index in [9.17, 15) is 0 Å². The lowest BCUT2D eigenvalue weighted by Gasteiger charge is -2.30. The van der Waals surface area contributed by atoms with E-state index < -0.39 is 8.07 Å². The average molecular weight is 510 g/mol. The number of anilines is 1. The third kappa shape index (κ3) is 6.25. The normalized spacial score (nSPS) is 21.1. The van der Waals surface area contributed by atoms with E-state index in [1.807, 2.05) is 24.7 Å². The molecule has 4 heterocycles. The Morgan fingerprint density at radius 3 is 2.64 bits per heavy atom. The molecule has 1 saturated heterocycles. The Morgan fingerprint density at radius 2 is 1.86 bits per heavy atom. The van der Waals surface area contributed by atoms with Crippen molar-refractivity contribution in [2.24, 2.45) is 0 Å². The van der Waals surface area contributed by atoms with E-state index in [-0.39, 0.29) is 6.10 Å². The van der Waals surface area contributed by atoms with Gasteiger partial charge in [-0.25, -0.2) is 4.98 Å². The molecule has 0 bridgehead atoms. The first-order valence-corrected chi connectivity index (χ1v) is 17.0. The maximum Gasteiger partial charge on any atom is 0.225 e. The number of morpholine rings is 1. The topological polar surface area (TPSA) is 74.5 Å². The Kier molecular flexibility index (Phi) is 7.88. The highest BCUT2D eigenvalue weighted by Crippen LogP contribution is 2.35. The fourth-order valence-corrected chi connectivity index (χ4v) is 5.76. The number of aromatic nitrogens is 4. The van der Waals surface area contributed by atoms with Gasteiger partial charge in [-0.05, 0) is 43.9 Å². The molecule has 0 aromatic carbocycles. The summed E-state index contributed by atoms with van der Waals surface area (Å²) in [5.41, 5.74) is 0.925. The van der Waals surface area contributed by atoms with E-state index in [1.54, 1.807) is 0 Å². The molecule has 194 valence electrons. The Labute approximate surface area is 215 Å². The summed E-state index contributed by atoms with van der Waals surface area (Å²) in [6.07, 6.45) is 10.0. The molecular formula is C27H39N5O3Si. The van der Waals surface area contributed by atoms with Crippen LogP contribution in [0.5, 0.6) is 5.88 Å². The largest absolute Gasteiger partial charge is 0.474 e. The molecule has 5 rings (SSSR count). The van der Waals surface area contributed by atoms with Crippen molar-refractivity contribution in [3.8, 4) is 5.88 Å². The quantitative estimate of drug-likeness (QED) is 0.294. The minimum atomic E-state index is -1.08. The van der Waals surface area contributed by atoms with Crippen molar-refractivity contribution in [1.29, 1.82) is 0 Å². The predicted octanol–water partition coefficient (Wildman–Crippen LogP) is 5.08. The predicted molar refractivity (Wildman–Crippen MR) is 145 cm³/mol. The van der Waals surface area contributed by atoms with Gasteiger partial charge in [0.2, 0.25) is 5.88 Å². The van der Waals surface area contributed by atoms with Gasteiger partial charge in [0, 0.05) is 58.3 Å². The van der Waals surface area contributed by atoms with Crippen LogP contribution in [0.15, 0.2) is 36.8 Å². The minimum absolute atomic E-state index is 0.147. The molecule has 8 nitrogen and oxygen atoms in total. The lowest BCUT2D eigenvalue weighted by Crippen LogP contribution is -2.36. The maximum absolute atomic E-state index is 6.55. The molecule has 3 aromatic rings. The van der Waals surface area contributed by atoms with Crippen LogP contribution in [-0.2, 0) is 16.2 Å². The van der Waals surface area contributed by atoms with Crippen molar-refractivity contribution in [2.45, 2.75) is 70.1 Å². The number of rotatable bonds is 9. The molecule has 0 radical (unpaired) electrons. The SMILES string of the molecule is C[Si](C)(C)CCOCn1ccnc1[C@H]1CC[C@@H](Oc2nc(N3CCOCC3)cc3ncccc23)CC1. The molecule has 2 fully saturated rings. The van der Waals surface area contributed by atoms with Crippen molar-refractivity contribution < 1.29 is 14.2 Å². The third-order valence-electron chi connectivity index (χ3n) is 7.18.